The van der Waals surface area contributed by atoms with Crippen LogP contribution in [0, 0.1) is 11.3 Å². The third-order valence-corrected chi connectivity index (χ3v) is 3.70. The molecule has 4 nitrogen and oxygen atoms in total. The van der Waals surface area contributed by atoms with Crippen LogP contribution in [0.3, 0.4) is 0 Å². The summed E-state index contributed by atoms with van der Waals surface area (Å²) in [6, 6.07) is 2.15. The zero-order valence-electron chi connectivity index (χ0n) is 11.6. The number of halogens is 2. The second kappa shape index (κ2) is 7.05. The summed E-state index contributed by atoms with van der Waals surface area (Å²) in [5, 5.41) is 9.69. The second-order valence-corrected chi connectivity index (χ2v) is 6.56. The molecule has 1 aromatic heterocycles. The van der Waals surface area contributed by atoms with Gasteiger partial charge in [0.15, 0.2) is 0 Å². The zero-order valence-corrected chi connectivity index (χ0v) is 14.0. The Kier molecular flexibility index (Phi) is 5.97. The van der Waals surface area contributed by atoms with E-state index in [2.05, 4.69) is 27.0 Å². The first-order valence-electron chi connectivity index (χ1n) is 6.15. The summed E-state index contributed by atoms with van der Waals surface area (Å²) in [7, 11) is 0. The summed E-state index contributed by atoms with van der Waals surface area (Å²) >= 11 is 9.40. The van der Waals surface area contributed by atoms with Crippen LogP contribution in [0.25, 0.3) is 0 Å². The molecule has 0 aliphatic rings. The molecule has 0 saturated heterocycles. The number of rotatable bonds is 4. The van der Waals surface area contributed by atoms with Crippen LogP contribution in [0.5, 0.6) is 0 Å². The minimum atomic E-state index is -0.520. The molecule has 0 N–H and O–H groups in total. The maximum Gasteiger partial charge on any atom is 0.306 e. The summed E-state index contributed by atoms with van der Waals surface area (Å²) in [5.74, 6) is -0.808. The van der Waals surface area contributed by atoms with E-state index in [1.807, 2.05) is 20.8 Å². The summed E-state index contributed by atoms with van der Waals surface area (Å²) in [4.78, 5) is 15.7. The lowest BCUT2D eigenvalue weighted by molar-refractivity contribution is -0.154. The van der Waals surface area contributed by atoms with Crippen molar-refractivity contribution < 1.29 is 9.53 Å². The summed E-state index contributed by atoms with van der Waals surface area (Å²) < 4.78 is 5.85. The highest BCUT2D eigenvalue weighted by molar-refractivity contribution is 9.10. The quantitative estimate of drug-likeness (QED) is 0.755. The van der Waals surface area contributed by atoms with E-state index in [0.29, 0.717) is 21.5 Å². The van der Waals surface area contributed by atoms with Gasteiger partial charge >= 0.3 is 5.97 Å². The highest BCUT2D eigenvalue weighted by Crippen LogP contribution is 2.32. The van der Waals surface area contributed by atoms with Gasteiger partial charge in [-0.3, -0.25) is 9.78 Å². The molecule has 0 bridgehead atoms. The van der Waals surface area contributed by atoms with Gasteiger partial charge in [-0.25, -0.2) is 0 Å². The molecule has 0 aliphatic carbocycles. The monoisotopic (exact) mass is 358 g/mol. The average Bonchev–Trinajstić information content (AvgIpc) is 2.32. The first kappa shape index (κ1) is 16.9. The van der Waals surface area contributed by atoms with E-state index in [4.69, 9.17) is 16.3 Å². The smallest absolute Gasteiger partial charge is 0.306 e. The molecule has 6 heteroatoms. The fraction of sp³-hybridized carbons (Fsp3) is 0.500. The van der Waals surface area contributed by atoms with E-state index in [9.17, 15) is 10.1 Å². The van der Waals surface area contributed by atoms with Gasteiger partial charge < -0.3 is 4.74 Å². The number of nitrogens with zero attached hydrogens (tertiary/aromatic N) is 2. The minimum Gasteiger partial charge on any atom is -0.460 e. The molecule has 0 fully saturated rings. The lowest BCUT2D eigenvalue weighted by Gasteiger charge is -2.20. The van der Waals surface area contributed by atoms with Gasteiger partial charge in [-0.05, 0) is 43.1 Å². The van der Waals surface area contributed by atoms with Crippen LogP contribution < -0.4 is 0 Å². The van der Waals surface area contributed by atoms with E-state index in [1.165, 1.54) is 0 Å². The Balaban J connectivity index is 2.72. The van der Waals surface area contributed by atoms with E-state index in [-0.39, 0.29) is 12.4 Å². The molecule has 1 unspecified atom stereocenters. The predicted molar refractivity (Wildman–Crippen MR) is 80.4 cm³/mol. The van der Waals surface area contributed by atoms with Crippen molar-refractivity contribution in [3.63, 3.8) is 0 Å². The van der Waals surface area contributed by atoms with Crippen LogP contribution >= 0.6 is 27.5 Å². The maximum absolute atomic E-state index is 11.7. The number of ether oxygens (including phenoxy) is 1. The molecule has 1 aromatic rings. The van der Waals surface area contributed by atoms with Crippen LogP contribution in [0.15, 0.2) is 16.9 Å². The average molecular weight is 360 g/mol. The van der Waals surface area contributed by atoms with E-state index >= 15 is 0 Å². The number of esters is 1. The van der Waals surface area contributed by atoms with Crippen LogP contribution in [0.2, 0.25) is 5.02 Å². The maximum atomic E-state index is 11.7. The van der Waals surface area contributed by atoms with Gasteiger partial charge in [0.05, 0.1) is 21.5 Å². The second-order valence-electron chi connectivity index (χ2n) is 5.33. The van der Waals surface area contributed by atoms with E-state index in [0.717, 1.165) is 0 Å². The van der Waals surface area contributed by atoms with E-state index < -0.39 is 11.5 Å². The number of hydrogen-bond donors (Lipinski definition) is 0. The Morgan fingerprint density at radius 1 is 1.55 bits per heavy atom. The fourth-order valence-electron chi connectivity index (χ4n) is 1.62. The largest absolute Gasteiger partial charge is 0.460 e. The van der Waals surface area contributed by atoms with Gasteiger partial charge in [-0.2, -0.15) is 5.26 Å². The van der Waals surface area contributed by atoms with Gasteiger partial charge in [0.1, 0.15) is 5.60 Å². The topological polar surface area (TPSA) is 63.0 Å². The molecule has 108 valence electrons. The van der Waals surface area contributed by atoms with Crippen molar-refractivity contribution in [3.05, 3.63) is 27.5 Å². The number of hydrogen-bond acceptors (Lipinski definition) is 4. The lowest BCUT2D eigenvalue weighted by Crippen LogP contribution is -2.24. The Bertz CT molecular complexity index is 535. The molecule has 1 heterocycles. The van der Waals surface area contributed by atoms with Crippen molar-refractivity contribution in [1.82, 2.24) is 4.98 Å². The molecular weight excluding hydrogens is 344 g/mol. The van der Waals surface area contributed by atoms with Crippen molar-refractivity contribution in [2.24, 2.45) is 0 Å². The van der Waals surface area contributed by atoms with Crippen molar-refractivity contribution in [2.75, 3.05) is 0 Å². The van der Waals surface area contributed by atoms with Crippen LogP contribution in [0.4, 0.5) is 0 Å². The molecule has 0 spiro atoms. The molecule has 0 aliphatic heterocycles. The van der Waals surface area contributed by atoms with Crippen molar-refractivity contribution in [3.8, 4) is 6.07 Å². The van der Waals surface area contributed by atoms with E-state index in [1.54, 1.807) is 12.4 Å². The summed E-state index contributed by atoms with van der Waals surface area (Å²) in [6.45, 7) is 5.42. The van der Waals surface area contributed by atoms with Gasteiger partial charge in [0.2, 0.25) is 0 Å². The summed E-state index contributed by atoms with van der Waals surface area (Å²) in [5.41, 5.74) is 0.0980. The molecule has 0 saturated carbocycles. The first-order valence-corrected chi connectivity index (χ1v) is 7.32. The molecule has 0 radical (unpaired) electrons. The summed E-state index contributed by atoms with van der Waals surface area (Å²) in [6.07, 6.45) is 3.63. The van der Waals surface area contributed by atoms with Crippen molar-refractivity contribution in [1.29, 1.82) is 5.26 Å². The number of nitriles is 1. The normalized spacial score (nSPS) is 12.6. The molecule has 0 aromatic carbocycles. The molecule has 20 heavy (non-hydrogen) atoms. The molecule has 1 atom stereocenters. The predicted octanol–water partition coefficient (Wildman–Crippen LogP) is 4.23. The third-order valence-electron chi connectivity index (χ3n) is 2.45. The zero-order chi connectivity index (χ0) is 15.3. The third kappa shape index (κ3) is 5.10. The highest BCUT2D eigenvalue weighted by atomic mass is 79.9. The van der Waals surface area contributed by atoms with Crippen LogP contribution in [-0.2, 0) is 9.53 Å². The highest BCUT2D eigenvalue weighted by Gasteiger charge is 2.21. The standard InChI is InChI=1S/C14H16BrClN2O2/c1-14(2,3)20-12(19)5-4-9(6-17)10-7-18-8-11(15)13(10)16/h7-9H,4-5H2,1-3H3. The molecular formula is C14H16BrClN2O2. The van der Waals surface area contributed by atoms with Gasteiger partial charge in [-0.15, -0.1) is 0 Å². The Morgan fingerprint density at radius 2 is 2.20 bits per heavy atom. The van der Waals surface area contributed by atoms with Gasteiger partial charge in [0, 0.05) is 24.4 Å². The lowest BCUT2D eigenvalue weighted by atomic mass is 9.97. The number of carbonyl (C=O) groups is 1. The number of pyridine rings is 1. The van der Waals surface area contributed by atoms with Gasteiger partial charge in [0.25, 0.3) is 0 Å². The molecule has 0 amide bonds. The Hall–Kier alpha value is -1.12. The van der Waals surface area contributed by atoms with Crippen LogP contribution in [0.1, 0.15) is 45.1 Å². The number of aromatic nitrogens is 1. The Labute approximate surface area is 132 Å². The van der Waals surface area contributed by atoms with Crippen molar-refractivity contribution >= 4 is 33.5 Å². The first-order chi connectivity index (χ1) is 9.24. The Morgan fingerprint density at radius 3 is 2.75 bits per heavy atom. The van der Waals surface area contributed by atoms with Crippen LogP contribution in [-0.4, -0.2) is 16.6 Å². The minimum absolute atomic E-state index is 0.165. The number of carbonyl (C=O) groups excluding carboxylic acids is 1. The molecule has 1 rings (SSSR count). The van der Waals surface area contributed by atoms with Crippen molar-refractivity contribution in [2.45, 2.75) is 45.1 Å². The SMILES string of the molecule is CC(C)(C)OC(=O)CCC(C#N)c1cncc(Br)c1Cl. The fourth-order valence-corrected chi connectivity index (χ4v) is 2.20. The van der Waals surface area contributed by atoms with Gasteiger partial charge in [-0.1, -0.05) is 11.6 Å².